The fourth-order valence-electron chi connectivity index (χ4n) is 1.66. The van der Waals surface area contributed by atoms with Crippen molar-refractivity contribution in [1.29, 1.82) is 0 Å². The summed E-state index contributed by atoms with van der Waals surface area (Å²) in [5, 5.41) is 0. The molecule has 0 saturated carbocycles. The van der Waals surface area contributed by atoms with E-state index in [1.165, 1.54) is 0 Å². The molecule has 0 amide bonds. The number of nitrogens with two attached hydrogens (primary N) is 1. The fraction of sp³-hybridized carbons (Fsp3) is 0.429. The molecule has 2 N–H and O–H groups in total. The van der Waals surface area contributed by atoms with Crippen LogP contribution >= 0.6 is 0 Å². The topological polar surface area (TPSA) is 35.2 Å². The van der Waals surface area contributed by atoms with E-state index in [0.717, 1.165) is 16.7 Å². The number of methoxy groups -OCH3 is 1. The summed E-state index contributed by atoms with van der Waals surface area (Å²) >= 11 is 0. The molecule has 0 fully saturated rings. The smallest absolute Gasteiger partial charge is 0.0814 e. The molecule has 1 aromatic carbocycles. The van der Waals surface area contributed by atoms with Gasteiger partial charge in [0.05, 0.1) is 11.6 Å². The standard InChI is InChI=1S/C14H21NO/c1-10(2)11-8-6-7-9-12(11)13(15)14(3,4)16-5/h6-9,13H,1,15H2,2-5H3. The van der Waals surface area contributed by atoms with E-state index in [1.807, 2.05) is 45.0 Å². The second-order valence-corrected chi connectivity index (χ2v) is 4.65. The molecule has 1 unspecified atom stereocenters. The summed E-state index contributed by atoms with van der Waals surface area (Å²) in [6, 6.07) is 7.91. The molecule has 0 aliphatic carbocycles. The Bertz CT molecular complexity index is 382. The summed E-state index contributed by atoms with van der Waals surface area (Å²) in [6.45, 7) is 9.96. The van der Waals surface area contributed by atoms with Gasteiger partial charge in [-0.2, -0.15) is 0 Å². The van der Waals surface area contributed by atoms with Crippen molar-refractivity contribution in [3.63, 3.8) is 0 Å². The number of hydrogen-bond donors (Lipinski definition) is 1. The lowest BCUT2D eigenvalue weighted by Crippen LogP contribution is -2.37. The second-order valence-electron chi connectivity index (χ2n) is 4.65. The maximum atomic E-state index is 6.26. The zero-order chi connectivity index (χ0) is 12.3. The molecule has 2 nitrogen and oxygen atoms in total. The minimum absolute atomic E-state index is 0.162. The molecule has 0 aliphatic heterocycles. The summed E-state index contributed by atoms with van der Waals surface area (Å²) in [4.78, 5) is 0. The van der Waals surface area contributed by atoms with E-state index in [9.17, 15) is 0 Å². The highest BCUT2D eigenvalue weighted by Gasteiger charge is 2.28. The Morgan fingerprint density at radius 3 is 2.44 bits per heavy atom. The van der Waals surface area contributed by atoms with E-state index < -0.39 is 0 Å². The van der Waals surface area contributed by atoms with Gasteiger partial charge in [0.1, 0.15) is 0 Å². The maximum Gasteiger partial charge on any atom is 0.0814 e. The van der Waals surface area contributed by atoms with Crippen molar-refractivity contribution >= 4 is 5.57 Å². The van der Waals surface area contributed by atoms with Gasteiger partial charge in [0.15, 0.2) is 0 Å². The molecule has 1 rings (SSSR count). The van der Waals surface area contributed by atoms with E-state index in [2.05, 4.69) is 6.58 Å². The zero-order valence-corrected chi connectivity index (χ0v) is 10.6. The van der Waals surface area contributed by atoms with Crippen LogP contribution in [0.1, 0.15) is 37.9 Å². The Kier molecular flexibility index (Phi) is 3.89. The Morgan fingerprint density at radius 1 is 1.38 bits per heavy atom. The van der Waals surface area contributed by atoms with Crippen molar-refractivity contribution in [2.75, 3.05) is 7.11 Å². The first-order valence-corrected chi connectivity index (χ1v) is 5.45. The van der Waals surface area contributed by atoms with Crippen LogP contribution in [0, 0.1) is 0 Å². The molecule has 0 radical (unpaired) electrons. The molecule has 1 atom stereocenters. The van der Waals surface area contributed by atoms with Gasteiger partial charge in [-0.25, -0.2) is 0 Å². The molecule has 0 heterocycles. The van der Waals surface area contributed by atoms with Gasteiger partial charge in [-0.1, -0.05) is 36.4 Å². The third kappa shape index (κ3) is 2.52. The molecule has 2 heteroatoms. The van der Waals surface area contributed by atoms with Crippen LogP contribution in [0.4, 0.5) is 0 Å². The molecule has 0 aromatic heterocycles. The van der Waals surface area contributed by atoms with E-state index in [0.29, 0.717) is 0 Å². The van der Waals surface area contributed by atoms with Gasteiger partial charge in [0, 0.05) is 7.11 Å². The van der Waals surface area contributed by atoms with Crippen LogP contribution in [-0.4, -0.2) is 12.7 Å². The van der Waals surface area contributed by atoms with Crippen LogP contribution in [0.25, 0.3) is 5.57 Å². The van der Waals surface area contributed by atoms with Crippen LogP contribution < -0.4 is 5.73 Å². The first-order chi connectivity index (χ1) is 7.40. The van der Waals surface area contributed by atoms with Crippen molar-refractivity contribution in [2.24, 2.45) is 5.73 Å². The Balaban J connectivity index is 3.18. The van der Waals surface area contributed by atoms with Crippen LogP contribution in [0.3, 0.4) is 0 Å². The molecule has 1 aromatic rings. The Hall–Kier alpha value is -1.12. The lowest BCUT2D eigenvalue weighted by atomic mass is 9.87. The highest BCUT2D eigenvalue weighted by Crippen LogP contribution is 2.30. The average molecular weight is 219 g/mol. The minimum Gasteiger partial charge on any atom is -0.377 e. The summed E-state index contributed by atoms with van der Waals surface area (Å²) in [5.74, 6) is 0. The maximum absolute atomic E-state index is 6.26. The van der Waals surface area contributed by atoms with Gasteiger partial charge in [-0.3, -0.25) is 0 Å². The monoisotopic (exact) mass is 219 g/mol. The molecular formula is C14H21NO. The average Bonchev–Trinajstić information content (AvgIpc) is 2.28. The van der Waals surface area contributed by atoms with Crippen LogP contribution in [0.5, 0.6) is 0 Å². The van der Waals surface area contributed by atoms with Crippen molar-refractivity contribution in [2.45, 2.75) is 32.4 Å². The Labute approximate surface area is 98.1 Å². The lowest BCUT2D eigenvalue weighted by Gasteiger charge is -2.31. The highest BCUT2D eigenvalue weighted by atomic mass is 16.5. The van der Waals surface area contributed by atoms with Crippen molar-refractivity contribution in [1.82, 2.24) is 0 Å². The summed E-state index contributed by atoms with van der Waals surface area (Å²) in [7, 11) is 1.68. The first kappa shape index (κ1) is 12.9. The molecule has 0 aliphatic rings. The largest absolute Gasteiger partial charge is 0.377 e. The number of hydrogen-bond acceptors (Lipinski definition) is 2. The second kappa shape index (κ2) is 4.81. The van der Waals surface area contributed by atoms with Crippen molar-refractivity contribution in [3.05, 3.63) is 42.0 Å². The molecule has 0 saturated heterocycles. The van der Waals surface area contributed by atoms with Crippen LogP contribution in [0.2, 0.25) is 0 Å². The minimum atomic E-state index is -0.383. The fourth-order valence-corrected chi connectivity index (χ4v) is 1.66. The molecular weight excluding hydrogens is 198 g/mol. The van der Waals surface area contributed by atoms with Crippen molar-refractivity contribution < 1.29 is 4.74 Å². The first-order valence-electron chi connectivity index (χ1n) is 5.45. The predicted molar refractivity (Wildman–Crippen MR) is 69.2 cm³/mol. The van der Waals surface area contributed by atoms with Crippen molar-refractivity contribution in [3.8, 4) is 0 Å². The highest BCUT2D eigenvalue weighted by molar-refractivity contribution is 5.65. The molecule has 0 bridgehead atoms. The SMILES string of the molecule is C=C(C)c1ccccc1C(N)C(C)(C)OC. The quantitative estimate of drug-likeness (QED) is 0.844. The lowest BCUT2D eigenvalue weighted by molar-refractivity contribution is -0.0000927. The molecule has 0 spiro atoms. The van der Waals surface area contributed by atoms with E-state index in [1.54, 1.807) is 7.11 Å². The molecule has 16 heavy (non-hydrogen) atoms. The van der Waals surface area contributed by atoms with Gasteiger partial charge in [0.25, 0.3) is 0 Å². The summed E-state index contributed by atoms with van der Waals surface area (Å²) < 4.78 is 5.43. The normalized spacial score (nSPS) is 13.6. The summed E-state index contributed by atoms with van der Waals surface area (Å²) in [5.41, 5.74) is 9.09. The number of benzene rings is 1. The third-order valence-electron chi connectivity index (χ3n) is 3.03. The zero-order valence-electron chi connectivity index (χ0n) is 10.6. The third-order valence-corrected chi connectivity index (χ3v) is 3.03. The van der Waals surface area contributed by atoms with Gasteiger partial charge in [0.2, 0.25) is 0 Å². The van der Waals surface area contributed by atoms with E-state index in [4.69, 9.17) is 10.5 Å². The van der Waals surface area contributed by atoms with E-state index in [-0.39, 0.29) is 11.6 Å². The van der Waals surface area contributed by atoms with Gasteiger partial charge in [-0.05, 0) is 31.9 Å². The predicted octanol–water partition coefficient (Wildman–Crippen LogP) is 3.14. The van der Waals surface area contributed by atoms with Gasteiger partial charge < -0.3 is 10.5 Å². The van der Waals surface area contributed by atoms with Crippen LogP contribution in [-0.2, 0) is 4.74 Å². The summed E-state index contributed by atoms with van der Waals surface area (Å²) in [6.07, 6.45) is 0. The Morgan fingerprint density at radius 2 is 1.94 bits per heavy atom. The number of allylic oxidation sites excluding steroid dienone is 1. The van der Waals surface area contributed by atoms with Gasteiger partial charge >= 0.3 is 0 Å². The van der Waals surface area contributed by atoms with Crippen LogP contribution in [0.15, 0.2) is 30.8 Å². The number of rotatable bonds is 4. The molecule has 88 valence electrons. The van der Waals surface area contributed by atoms with E-state index >= 15 is 0 Å². The van der Waals surface area contributed by atoms with Gasteiger partial charge in [-0.15, -0.1) is 0 Å². The number of ether oxygens (including phenoxy) is 1.